The summed E-state index contributed by atoms with van der Waals surface area (Å²) in [5.74, 6) is 1.01. The monoisotopic (exact) mass is 287 g/mol. The number of halogens is 2. The Kier molecular flexibility index (Phi) is 3.49. The minimum atomic E-state index is 0.710. The summed E-state index contributed by atoms with van der Waals surface area (Å²) in [6, 6.07) is 5.79. The van der Waals surface area contributed by atoms with E-state index >= 15 is 0 Å². The number of rotatable bonds is 3. The van der Waals surface area contributed by atoms with E-state index in [2.05, 4.69) is 31.6 Å². The van der Waals surface area contributed by atoms with Crippen LogP contribution < -0.4 is 10.6 Å². The average Bonchev–Trinajstić information content (AvgIpc) is 2.73. The summed E-state index contributed by atoms with van der Waals surface area (Å²) in [6.07, 6.45) is 0. The largest absolute Gasteiger partial charge is 0.378 e. The molecule has 1 aliphatic heterocycles. The van der Waals surface area contributed by atoms with Crippen molar-refractivity contribution in [2.75, 3.05) is 25.0 Å². The summed E-state index contributed by atoms with van der Waals surface area (Å²) in [4.78, 5) is 4.29. The Hall–Kier alpha value is -0.740. The van der Waals surface area contributed by atoms with Crippen LogP contribution in [0.4, 0.5) is 5.69 Å². The van der Waals surface area contributed by atoms with Crippen LogP contribution in [0.15, 0.2) is 27.7 Å². The zero-order valence-electron chi connectivity index (χ0n) is 8.06. The predicted molar refractivity (Wildman–Crippen MR) is 67.9 cm³/mol. The van der Waals surface area contributed by atoms with E-state index in [1.807, 2.05) is 18.2 Å². The molecular formula is C10H11BrClN3. The van der Waals surface area contributed by atoms with Gasteiger partial charge in [-0.15, -0.1) is 0 Å². The molecule has 0 radical (unpaired) electrons. The zero-order chi connectivity index (χ0) is 10.7. The Balaban J connectivity index is 1.96. The van der Waals surface area contributed by atoms with Gasteiger partial charge >= 0.3 is 0 Å². The quantitative estimate of drug-likeness (QED) is 0.897. The van der Waals surface area contributed by atoms with Crippen LogP contribution in [-0.4, -0.2) is 25.5 Å². The number of nitrogens with one attached hydrogen (secondary N) is 2. The lowest BCUT2D eigenvalue weighted by Crippen LogP contribution is -2.26. The molecule has 1 aromatic carbocycles. The van der Waals surface area contributed by atoms with Crippen molar-refractivity contribution in [1.82, 2.24) is 5.32 Å². The first-order valence-corrected chi connectivity index (χ1v) is 5.89. The van der Waals surface area contributed by atoms with Gasteiger partial charge in [-0.2, -0.15) is 0 Å². The molecule has 0 saturated carbocycles. The molecule has 1 aliphatic rings. The number of aliphatic imine (C=N–C) groups is 1. The maximum Gasteiger partial charge on any atom is 0.116 e. The zero-order valence-corrected chi connectivity index (χ0v) is 10.4. The normalized spacial score (nSPS) is 14.7. The van der Waals surface area contributed by atoms with E-state index in [1.54, 1.807) is 0 Å². The highest BCUT2D eigenvalue weighted by atomic mass is 79.9. The fraction of sp³-hybridized carbons (Fsp3) is 0.300. The molecule has 2 N–H and O–H groups in total. The molecule has 5 heteroatoms. The van der Waals surface area contributed by atoms with Gasteiger partial charge in [-0.05, 0) is 34.1 Å². The fourth-order valence-corrected chi connectivity index (χ4v) is 1.78. The number of amidine groups is 1. The highest BCUT2D eigenvalue weighted by molar-refractivity contribution is 9.10. The van der Waals surface area contributed by atoms with Crippen LogP contribution in [0, 0.1) is 0 Å². The van der Waals surface area contributed by atoms with Crippen molar-refractivity contribution < 1.29 is 0 Å². The molecule has 0 fully saturated rings. The van der Waals surface area contributed by atoms with Crippen molar-refractivity contribution in [1.29, 1.82) is 0 Å². The lowest BCUT2D eigenvalue weighted by atomic mass is 10.3. The Morgan fingerprint density at radius 1 is 1.53 bits per heavy atom. The van der Waals surface area contributed by atoms with Gasteiger partial charge in [0.2, 0.25) is 0 Å². The minimum Gasteiger partial charge on any atom is -0.378 e. The maximum atomic E-state index is 5.98. The molecule has 1 aromatic rings. The third-order valence-corrected chi connectivity index (χ3v) is 3.36. The van der Waals surface area contributed by atoms with Crippen molar-refractivity contribution in [2.45, 2.75) is 0 Å². The summed E-state index contributed by atoms with van der Waals surface area (Å²) in [5, 5.41) is 7.16. The molecule has 0 amide bonds. The van der Waals surface area contributed by atoms with E-state index in [4.69, 9.17) is 11.6 Å². The highest BCUT2D eigenvalue weighted by Gasteiger charge is 2.04. The van der Waals surface area contributed by atoms with Crippen LogP contribution in [-0.2, 0) is 0 Å². The number of anilines is 1. The molecule has 15 heavy (non-hydrogen) atoms. The van der Waals surface area contributed by atoms with Gasteiger partial charge in [0.1, 0.15) is 5.84 Å². The third kappa shape index (κ3) is 2.86. The van der Waals surface area contributed by atoms with Gasteiger partial charge in [0, 0.05) is 16.7 Å². The highest BCUT2D eigenvalue weighted by Crippen LogP contribution is 2.25. The summed E-state index contributed by atoms with van der Waals surface area (Å²) >= 11 is 9.33. The minimum absolute atomic E-state index is 0.710. The predicted octanol–water partition coefficient (Wildman–Crippen LogP) is 2.52. The third-order valence-electron chi connectivity index (χ3n) is 2.12. The van der Waals surface area contributed by atoms with Crippen molar-refractivity contribution in [3.05, 3.63) is 27.7 Å². The standard InChI is InChI=1S/C10H11BrClN3/c11-8-2-1-7(5-9(8)12)15-6-10-13-3-4-14-10/h1-2,5,15H,3-4,6H2,(H,13,14). The Morgan fingerprint density at radius 3 is 3.07 bits per heavy atom. The summed E-state index contributed by atoms with van der Waals surface area (Å²) < 4.78 is 0.908. The number of nitrogens with zero attached hydrogens (tertiary/aromatic N) is 1. The van der Waals surface area contributed by atoms with Crippen molar-refractivity contribution in [3.63, 3.8) is 0 Å². The first-order valence-electron chi connectivity index (χ1n) is 4.72. The Labute approximate surface area is 102 Å². The summed E-state index contributed by atoms with van der Waals surface area (Å²) in [5.41, 5.74) is 1.000. The molecule has 1 heterocycles. The van der Waals surface area contributed by atoms with E-state index in [-0.39, 0.29) is 0 Å². The van der Waals surface area contributed by atoms with E-state index in [0.717, 1.165) is 35.6 Å². The molecule has 0 unspecified atom stereocenters. The fourth-order valence-electron chi connectivity index (χ4n) is 1.36. The first-order chi connectivity index (χ1) is 7.25. The van der Waals surface area contributed by atoms with Gasteiger partial charge in [0.25, 0.3) is 0 Å². The van der Waals surface area contributed by atoms with E-state index in [0.29, 0.717) is 5.02 Å². The molecule has 0 bridgehead atoms. The molecule has 80 valence electrons. The second-order valence-electron chi connectivity index (χ2n) is 3.24. The van der Waals surface area contributed by atoms with Gasteiger partial charge in [0.15, 0.2) is 0 Å². The van der Waals surface area contributed by atoms with Crippen LogP contribution in [0.5, 0.6) is 0 Å². The lowest BCUT2D eigenvalue weighted by Gasteiger charge is -2.07. The lowest BCUT2D eigenvalue weighted by molar-refractivity contribution is 0.956. The van der Waals surface area contributed by atoms with Gasteiger partial charge in [-0.25, -0.2) is 0 Å². The molecule has 2 rings (SSSR count). The molecule has 3 nitrogen and oxygen atoms in total. The van der Waals surface area contributed by atoms with Crippen molar-refractivity contribution in [3.8, 4) is 0 Å². The number of hydrogen-bond donors (Lipinski definition) is 2. The summed E-state index contributed by atoms with van der Waals surface area (Å²) in [6.45, 7) is 2.54. The van der Waals surface area contributed by atoms with Gasteiger partial charge in [-0.1, -0.05) is 11.6 Å². The maximum absolute atomic E-state index is 5.98. The van der Waals surface area contributed by atoms with Crippen molar-refractivity contribution >= 4 is 39.1 Å². The van der Waals surface area contributed by atoms with E-state index in [9.17, 15) is 0 Å². The second kappa shape index (κ2) is 4.86. The van der Waals surface area contributed by atoms with Crippen LogP contribution in [0.25, 0.3) is 0 Å². The van der Waals surface area contributed by atoms with Gasteiger partial charge < -0.3 is 10.6 Å². The molecule has 0 aliphatic carbocycles. The van der Waals surface area contributed by atoms with E-state index < -0.39 is 0 Å². The van der Waals surface area contributed by atoms with Crippen LogP contribution in [0.1, 0.15) is 0 Å². The number of benzene rings is 1. The topological polar surface area (TPSA) is 36.4 Å². The SMILES string of the molecule is Clc1cc(NCC2=NCCN2)ccc1Br. The second-order valence-corrected chi connectivity index (χ2v) is 4.50. The Bertz CT molecular complexity index is 392. The number of hydrogen-bond acceptors (Lipinski definition) is 3. The van der Waals surface area contributed by atoms with Crippen LogP contribution >= 0.6 is 27.5 Å². The average molecular weight is 289 g/mol. The summed E-state index contributed by atoms with van der Waals surface area (Å²) in [7, 11) is 0. The van der Waals surface area contributed by atoms with Crippen molar-refractivity contribution in [2.24, 2.45) is 4.99 Å². The van der Waals surface area contributed by atoms with Crippen LogP contribution in [0.3, 0.4) is 0 Å². The molecule has 0 atom stereocenters. The molecule has 0 saturated heterocycles. The molecular weight excluding hydrogens is 277 g/mol. The van der Waals surface area contributed by atoms with Gasteiger partial charge in [0.05, 0.1) is 18.1 Å². The van der Waals surface area contributed by atoms with E-state index in [1.165, 1.54) is 0 Å². The Morgan fingerprint density at radius 2 is 2.40 bits per heavy atom. The molecule has 0 spiro atoms. The first kappa shape index (κ1) is 10.8. The molecule has 0 aromatic heterocycles. The van der Waals surface area contributed by atoms with Crippen LogP contribution in [0.2, 0.25) is 5.02 Å². The smallest absolute Gasteiger partial charge is 0.116 e. The van der Waals surface area contributed by atoms with Gasteiger partial charge in [-0.3, -0.25) is 4.99 Å².